The molecule has 6 aliphatic carbocycles. The van der Waals surface area contributed by atoms with Crippen LogP contribution in [0.15, 0.2) is 27.9 Å². The number of aromatic nitrogens is 2. The van der Waals surface area contributed by atoms with Crippen LogP contribution in [-0.4, -0.2) is 21.7 Å². The smallest absolute Gasteiger partial charge is 0.229 e. The van der Waals surface area contributed by atoms with E-state index in [-0.39, 0.29) is 56.7 Å². The molecule has 4 fully saturated rings. The Hall–Kier alpha value is -2.55. The lowest BCUT2D eigenvalue weighted by molar-refractivity contribution is -0.160. The minimum Gasteiger partial charge on any atom is -0.339 e. The first-order chi connectivity index (χ1) is 19.1. The fourth-order valence-electron chi connectivity index (χ4n) is 10.9. The maximum absolute atomic E-state index is 14.7. The third-order valence-corrected chi connectivity index (χ3v) is 13.7. The lowest BCUT2D eigenvalue weighted by Gasteiger charge is -2.69. The Morgan fingerprint density at radius 3 is 2.34 bits per heavy atom. The predicted molar refractivity (Wildman–Crippen MR) is 155 cm³/mol. The molecule has 0 unspecified atom stereocenters. The number of hydrogen-bond donors (Lipinski definition) is 0. The number of Topliss-reactive ketones (excluding diaryl/α,β-unsaturated/α-hetero) is 1. The molecule has 7 atom stereocenters. The van der Waals surface area contributed by atoms with Gasteiger partial charge in [0.25, 0.3) is 0 Å². The van der Waals surface area contributed by atoms with E-state index in [2.05, 4.69) is 44.6 Å². The molecule has 0 aromatic carbocycles. The Kier molecular flexibility index (Phi) is 5.38. The van der Waals surface area contributed by atoms with Gasteiger partial charge in [-0.2, -0.15) is 4.98 Å². The standard InChI is InChI=1S/C35H45N3O3/c1-30(2)13-15-35(29-37-28(41-38-29)20-9-10-20)16-14-34(7)26(21(35)18-30)23(39)17-25-32(5)19-22(36-8)27(40)31(3,4)24(32)11-12-33(25,34)6/h17,19-21,24,26H,9-16,18H2,1-7H3/t21-,24-,26-,32-,33+,34+,35-/m0/s1. The fourth-order valence-corrected chi connectivity index (χ4v) is 10.9. The Morgan fingerprint density at radius 2 is 1.66 bits per heavy atom. The lowest BCUT2D eigenvalue weighted by atomic mass is 9.34. The van der Waals surface area contributed by atoms with Crippen LogP contribution in [0.5, 0.6) is 0 Å². The van der Waals surface area contributed by atoms with Gasteiger partial charge in [-0.05, 0) is 91.9 Å². The number of rotatable bonds is 2. The molecule has 0 spiro atoms. The molecular weight excluding hydrogens is 510 g/mol. The fraction of sp³-hybridized carbons (Fsp3) is 0.743. The molecule has 1 aromatic rings. The molecule has 6 nitrogen and oxygen atoms in total. The molecule has 6 heteroatoms. The van der Waals surface area contributed by atoms with Crippen molar-refractivity contribution in [2.45, 2.75) is 118 Å². The minimum absolute atomic E-state index is 0.0528. The Labute approximate surface area is 244 Å². The van der Waals surface area contributed by atoms with Gasteiger partial charge >= 0.3 is 0 Å². The molecule has 4 saturated carbocycles. The van der Waals surface area contributed by atoms with E-state index in [0.717, 1.165) is 75.1 Å². The molecule has 0 aliphatic heterocycles. The van der Waals surface area contributed by atoms with Gasteiger partial charge in [0, 0.05) is 28.1 Å². The summed E-state index contributed by atoms with van der Waals surface area (Å²) in [6.07, 6.45) is 13.0. The van der Waals surface area contributed by atoms with Crippen LogP contribution < -0.4 is 0 Å². The second-order valence-corrected chi connectivity index (χ2v) is 16.6. The molecule has 0 amide bonds. The SMILES string of the molecule is [C-]#[N+]C1=C[C@]2(C)C3=CC(=O)[C@@H]4[C@@H]5CC(C)(C)CC[C@]5(c5noc(C6CC6)n5)CC[C@@]4(C)[C@]3(C)CC[C@H]2C(C)(C)C1=O. The van der Waals surface area contributed by atoms with Gasteiger partial charge in [0.2, 0.25) is 11.6 Å². The van der Waals surface area contributed by atoms with Crippen LogP contribution in [-0.2, 0) is 15.0 Å². The van der Waals surface area contributed by atoms with Gasteiger partial charge in [0.15, 0.2) is 17.4 Å². The van der Waals surface area contributed by atoms with Crippen LogP contribution >= 0.6 is 0 Å². The zero-order valence-electron chi connectivity index (χ0n) is 25.9. The first-order valence-electron chi connectivity index (χ1n) is 15.9. The summed E-state index contributed by atoms with van der Waals surface area (Å²) >= 11 is 0. The average molecular weight is 556 g/mol. The number of fused-ring (bicyclic) bond motifs is 7. The van der Waals surface area contributed by atoms with Crippen LogP contribution in [0.4, 0.5) is 0 Å². The quantitative estimate of drug-likeness (QED) is 0.348. The van der Waals surface area contributed by atoms with Crippen LogP contribution in [0, 0.1) is 51.4 Å². The van der Waals surface area contributed by atoms with Crippen molar-refractivity contribution in [1.29, 1.82) is 0 Å². The zero-order valence-corrected chi connectivity index (χ0v) is 25.9. The highest BCUT2D eigenvalue weighted by Crippen LogP contribution is 2.74. The van der Waals surface area contributed by atoms with E-state index in [9.17, 15) is 9.59 Å². The van der Waals surface area contributed by atoms with Crippen molar-refractivity contribution in [1.82, 2.24) is 10.1 Å². The van der Waals surface area contributed by atoms with Crippen molar-refractivity contribution >= 4 is 11.6 Å². The van der Waals surface area contributed by atoms with Gasteiger partial charge in [-0.3, -0.25) is 4.79 Å². The van der Waals surface area contributed by atoms with Crippen molar-refractivity contribution in [3.8, 4) is 0 Å². The van der Waals surface area contributed by atoms with E-state index in [1.165, 1.54) is 0 Å². The summed E-state index contributed by atoms with van der Waals surface area (Å²) in [4.78, 5) is 36.7. The number of hydrogen-bond acceptors (Lipinski definition) is 5. The highest BCUT2D eigenvalue weighted by Gasteiger charge is 2.70. The normalized spacial score (nSPS) is 44.4. The number of ketones is 2. The molecular formula is C35H45N3O3. The predicted octanol–water partition coefficient (Wildman–Crippen LogP) is 7.77. The molecule has 218 valence electrons. The highest BCUT2D eigenvalue weighted by atomic mass is 16.5. The van der Waals surface area contributed by atoms with Gasteiger partial charge in [0.1, 0.15) is 0 Å². The summed E-state index contributed by atoms with van der Waals surface area (Å²) in [7, 11) is 0. The van der Waals surface area contributed by atoms with Crippen molar-refractivity contribution < 1.29 is 14.1 Å². The summed E-state index contributed by atoms with van der Waals surface area (Å²) in [6, 6.07) is 0. The average Bonchev–Trinajstić information content (AvgIpc) is 3.63. The van der Waals surface area contributed by atoms with Crippen molar-refractivity contribution in [3.63, 3.8) is 0 Å². The molecule has 1 aromatic heterocycles. The molecule has 0 bridgehead atoms. The largest absolute Gasteiger partial charge is 0.339 e. The zero-order chi connectivity index (χ0) is 29.4. The molecule has 7 rings (SSSR count). The summed E-state index contributed by atoms with van der Waals surface area (Å²) in [5.41, 5.74) is -0.272. The van der Waals surface area contributed by atoms with Crippen molar-refractivity contribution in [2.75, 3.05) is 0 Å². The molecule has 41 heavy (non-hydrogen) atoms. The summed E-state index contributed by atoms with van der Waals surface area (Å²) in [5, 5.41) is 4.63. The minimum atomic E-state index is -0.640. The number of allylic oxidation sites excluding steroid dienone is 4. The second-order valence-electron chi connectivity index (χ2n) is 16.6. The van der Waals surface area contributed by atoms with E-state index in [1.54, 1.807) is 0 Å². The lowest BCUT2D eigenvalue weighted by Crippen LogP contribution is -2.65. The van der Waals surface area contributed by atoms with Gasteiger partial charge < -0.3 is 9.32 Å². The van der Waals surface area contributed by atoms with Crippen LogP contribution in [0.3, 0.4) is 0 Å². The maximum Gasteiger partial charge on any atom is 0.229 e. The number of carbonyl (C=O) groups excluding carboxylic acids is 2. The van der Waals surface area contributed by atoms with Gasteiger partial charge in [-0.25, -0.2) is 4.85 Å². The third-order valence-electron chi connectivity index (χ3n) is 13.7. The monoisotopic (exact) mass is 555 g/mol. The molecule has 6 aliphatic rings. The van der Waals surface area contributed by atoms with E-state index in [0.29, 0.717) is 5.92 Å². The molecule has 0 radical (unpaired) electrons. The van der Waals surface area contributed by atoms with E-state index in [4.69, 9.17) is 16.1 Å². The van der Waals surface area contributed by atoms with E-state index >= 15 is 0 Å². The van der Waals surface area contributed by atoms with Crippen LogP contribution in [0.25, 0.3) is 4.85 Å². The number of nitrogens with zero attached hydrogens (tertiary/aromatic N) is 3. The Morgan fingerprint density at radius 1 is 0.951 bits per heavy atom. The molecule has 1 heterocycles. The Bertz CT molecular complexity index is 1470. The summed E-state index contributed by atoms with van der Waals surface area (Å²) in [6.45, 7) is 23.5. The first-order valence-corrected chi connectivity index (χ1v) is 15.9. The van der Waals surface area contributed by atoms with Crippen LogP contribution in [0.2, 0.25) is 0 Å². The van der Waals surface area contributed by atoms with Gasteiger partial charge in [0.05, 0.1) is 6.57 Å². The highest BCUT2D eigenvalue weighted by molar-refractivity contribution is 6.03. The third kappa shape index (κ3) is 3.35. The Balaban J connectivity index is 1.38. The molecule has 0 N–H and O–H groups in total. The molecule has 0 saturated heterocycles. The van der Waals surface area contributed by atoms with Gasteiger partial charge in [-0.1, -0.05) is 65.3 Å². The van der Waals surface area contributed by atoms with Crippen molar-refractivity contribution in [3.05, 3.63) is 46.6 Å². The summed E-state index contributed by atoms with van der Waals surface area (Å²) in [5.74, 6) is 2.33. The summed E-state index contributed by atoms with van der Waals surface area (Å²) < 4.78 is 5.84. The topological polar surface area (TPSA) is 77.4 Å². The number of carbonyl (C=O) groups is 2. The van der Waals surface area contributed by atoms with E-state index in [1.807, 2.05) is 26.0 Å². The second kappa shape index (κ2) is 8.08. The first kappa shape index (κ1) is 27.3. The van der Waals surface area contributed by atoms with E-state index < -0.39 is 10.8 Å². The maximum atomic E-state index is 14.7. The van der Waals surface area contributed by atoms with Gasteiger partial charge in [-0.15, -0.1) is 0 Å². The van der Waals surface area contributed by atoms with Crippen molar-refractivity contribution in [2.24, 2.45) is 44.8 Å². The van der Waals surface area contributed by atoms with Crippen LogP contribution in [0.1, 0.15) is 124 Å².